The van der Waals surface area contributed by atoms with E-state index in [4.69, 9.17) is 10.8 Å². The van der Waals surface area contributed by atoms with Crippen molar-refractivity contribution in [3.8, 4) is 0 Å². The van der Waals surface area contributed by atoms with E-state index in [2.05, 4.69) is 0 Å². The molecule has 0 heterocycles. The summed E-state index contributed by atoms with van der Waals surface area (Å²) in [6.07, 6.45) is 7.21. The zero-order chi connectivity index (χ0) is 17.4. The molecule has 1 aromatic carbocycles. The molecule has 2 rings (SSSR count). The lowest BCUT2D eigenvalue weighted by atomic mass is 9.90. The molecule has 0 atom stereocenters. The van der Waals surface area contributed by atoms with Gasteiger partial charge in [0.2, 0.25) is 0 Å². The first-order valence-corrected chi connectivity index (χ1v) is 7.89. The Hall–Kier alpha value is -2.30. The Morgan fingerprint density at radius 3 is 2.26 bits per heavy atom. The van der Waals surface area contributed by atoms with Crippen LogP contribution in [0.3, 0.4) is 0 Å². The molecule has 5 nitrogen and oxygen atoms in total. The van der Waals surface area contributed by atoms with Gasteiger partial charge in [-0.15, -0.1) is 0 Å². The van der Waals surface area contributed by atoms with Crippen molar-refractivity contribution in [3.05, 3.63) is 46.7 Å². The highest BCUT2D eigenvalue weighted by atomic mass is 16.4. The molecule has 0 radical (unpaired) electrons. The molecule has 0 spiro atoms. The van der Waals surface area contributed by atoms with Gasteiger partial charge >= 0.3 is 5.97 Å². The van der Waals surface area contributed by atoms with Crippen molar-refractivity contribution < 1.29 is 14.7 Å². The topological polar surface area (TPSA) is 83.6 Å². The van der Waals surface area contributed by atoms with Gasteiger partial charge in [-0.2, -0.15) is 0 Å². The normalized spacial score (nSPS) is 13.4. The standard InChI is InChI=1S/C11H12O2.C7H14N2O/c12-11(13)10-6-5-8-3-1-2-4-9(8)7-10;1-4-5-6(7(8)10)9(2)3/h5-7H,1-4H2,(H,12,13);5H,4H2,1-3H3,(H2,8,10)/b;6-5-. The molecule has 0 fully saturated rings. The summed E-state index contributed by atoms with van der Waals surface area (Å²) in [6, 6.07) is 5.47. The van der Waals surface area contributed by atoms with Gasteiger partial charge in [0.05, 0.1) is 11.3 Å². The third kappa shape index (κ3) is 5.77. The fourth-order valence-electron chi connectivity index (χ4n) is 2.56. The summed E-state index contributed by atoms with van der Waals surface area (Å²) in [7, 11) is 3.60. The second-order valence-electron chi connectivity index (χ2n) is 5.75. The van der Waals surface area contributed by atoms with Crippen LogP contribution in [-0.2, 0) is 17.6 Å². The van der Waals surface area contributed by atoms with E-state index >= 15 is 0 Å². The van der Waals surface area contributed by atoms with Gasteiger partial charge in [-0.05, 0) is 55.4 Å². The number of likely N-dealkylation sites (N-methyl/N-ethyl adjacent to an activating group) is 1. The lowest BCUT2D eigenvalue weighted by Crippen LogP contribution is -2.25. The molecule has 1 amide bonds. The van der Waals surface area contributed by atoms with Crippen LogP contribution < -0.4 is 5.73 Å². The van der Waals surface area contributed by atoms with Crippen LogP contribution in [0.4, 0.5) is 0 Å². The number of carboxylic acids is 1. The van der Waals surface area contributed by atoms with Crippen molar-refractivity contribution in [1.82, 2.24) is 4.90 Å². The number of fused-ring (bicyclic) bond motifs is 1. The van der Waals surface area contributed by atoms with Crippen molar-refractivity contribution in [2.75, 3.05) is 14.1 Å². The average molecular weight is 318 g/mol. The maximum Gasteiger partial charge on any atom is 0.335 e. The summed E-state index contributed by atoms with van der Waals surface area (Å²) in [5.74, 6) is -1.19. The minimum atomic E-state index is -0.826. The van der Waals surface area contributed by atoms with Crippen LogP contribution in [0.5, 0.6) is 0 Å². The number of aromatic carboxylic acids is 1. The van der Waals surface area contributed by atoms with Crippen molar-refractivity contribution in [3.63, 3.8) is 0 Å². The number of nitrogens with two attached hydrogens (primary N) is 1. The Morgan fingerprint density at radius 1 is 1.22 bits per heavy atom. The molecular weight excluding hydrogens is 292 g/mol. The summed E-state index contributed by atoms with van der Waals surface area (Å²) in [5.41, 5.74) is 8.62. The maximum atomic E-state index is 10.7. The van der Waals surface area contributed by atoms with Crippen molar-refractivity contribution in [1.29, 1.82) is 0 Å². The van der Waals surface area contributed by atoms with Gasteiger partial charge in [0, 0.05) is 14.1 Å². The van der Waals surface area contributed by atoms with Gasteiger partial charge in [0.15, 0.2) is 0 Å². The molecule has 126 valence electrons. The monoisotopic (exact) mass is 318 g/mol. The molecule has 1 aromatic rings. The fourth-order valence-corrected chi connectivity index (χ4v) is 2.56. The number of carbonyl (C=O) groups is 2. The van der Waals surface area contributed by atoms with Crippen molar-refractivity contribution >= 4 is 11.9 Å². The molecule has 0 saturated carbocycles. The van der Waals surface area contributed by atoms with Gasteiger partial charge in [0.25, 0.3) is 5.91 Å². The predicted molar refractivity (Wildman–Crippen MR) is 91.3 cm³/mol. The van der Waals surface area contributed by atoms with Crippen molar-refractivity contribution in [2.45, 2.75) is 39.0 Å². The van der Waals surface area contributed by atoms with Crippen LogP contribution in [0.25, 0.3) is 0 Å². The van der Waals surface area contributed by atoms with Crippen LogP contribution in [0.2, 0.25) is 0 Å². The zero-order valence-electron chi connectivity index (χ0n) is 14.1. The molecule has 3 N–H and O–H groups in total. The van der Waals surface area contributed by atoms with Gasteiger partial charge < -0.3 is 15.7 Å². The smallest absolute Gasteiger partial charge is 0.335 e. The number of hydrogen-bond acceptors (Lipinski definition) is 3. The Bertz CT molecular complexity index is 592. The summed E-state index contributed by atoms with van der Waals surface area (Å²) in [5, 5.41) is 8.79. The second-order valence-corrected chi connectivity index (χ2v) is 5.75. The summed E-state index contributed by atoms with van der Waals surface area (Å²) in [6.45, 7) is 1.96. The lowest BCUT2D eigenvalue weighted by Gasteiger charge is -2.15. The Balaban J connectivity index is 0.000000241. The number of benzene rings is 1. The van der Waals surface area contributed by atoms with E-state index in [1.807, 2.05) is 25.1 Å². The van der Waals surface area contributed by atoms with Gasteiger partial charge in [-0.1, -0.05) is 19.1 Å². The minimum absolute atomic E-state index is 0.369. The highest BCUT2D eigenvalue weighted by Crippen LogP contribution is 2.22. The molecule has 0 aliphatic heterocycles. The Kier molecular flexibility index (Phi) is 7.32. The molecule has 0 aromatic heterocycles. The summed E-state index contributed by atoms with van der Waals surface area (Å²) < 4.78 is 0. The number of carbonyl (C=O) groups excluding carboxylic acids is 1. The van der Waals surface area contributed by atoms with E-state index in [1.165, 1.54) is 24.0 Å². The van der Waals surface area contributed by atoms with E-state index in [0.717, 1.165) is 19.3 Å². The Labute approximate surface area is 137 Å². The predicted octanol–water partition coefficient (Wildman–Crippen LogP) is 2.59. The number of nitrogens with zero attached hydrogens (tertiary/aromatic N) is 1. The van der Waals surface area contributed by atoms with Crippen LogP contribution in [0, 0.1) is 0 Å². The number of rotatable bonds is 4. The molecule has 0 bridgehead atoms. The zero-order valence-corrected chi connectivity index (χ0v) is 14.1. The number of allylic oxidation sites excluding steroid dienone is 1. The Morgan fingerprint density at radius 2 is 1.83 bits per heavy atom. The van der Waals surface area contributed by atoms with E-state index in [-0.39, 0.29) is 5.91 Å². The maximum absolute atomic E-state index is 10.7. The van der Waals surface area contributed by atoms with Gasteiger partial charge in [-0.25, -0.2) is 4.79 Å². The van der Waals surface area contributed by atoms with E-state index < -0.39 is 5.97 Å². The lowest BCUT2D eigenvalue weighted by molar-refractivity contribution is -0.115. The largest absolute Gasteiger partial charge is 0.478 e. The summed E-state index contributed by atoms with van der Waals surface area (Å²) >= 11 is 0. The van der Waals surface area contributed by atoms with E-state index in [0.29, 0.717) is 11.3 Å². The number of carboxylic acid groups (broad SMARTS) is 1. The van der Waals surface area contributed by atoms with E-state index in [1.54, 1.807) is 25.1 Å². The van der Waals surface area contributed by atoms with Crippen molar-refractivity contribution in [2.24, 2.45) is 5.73 Å². The van der Waals surface area contributed by atoms with Crippen LogP contribution in [-0.4, -0.2) is 36.0 Å². The number of amides is 1. The minimum Gasteiger partial charge on any atom is -0.478 e. The van der Waals surface area contributed by atoms with Gasteiger partial charge in [0.1, 0.15) is 0 Å². The molecule has 5 heteroatoms. The SMILES string of the molecule is CC/C=C(/C(N)=O)N(C)C.O=C(O)c1ccc2c(c1)CCCC2. The molecule has 0 saturated heterocycles. The molecule has 23 heavy (non-hydrogen) atoms. The molecule has 1 aliphatic carbocycles. The highest BCUT2D eigenvalue weighted by molar-refractivity contribution is 5.91. The number of hydrogen-bond donors (Lipinski definition) is 2. The third-order valence-corrected chi connectivity index (χ3v) is 3.73. The van der Waals surface area contributed by atoms with Crippen LogP contribution in [0.15, 0.2) is 30.0 Å². The first-order chi connectivity index (χ1) is 10.9. The molecule has 0 unspecified atom stereocenters. The fraction of sp³-hybridized carbons (Fsp3) is 0.444. The third-order valence-electron chi connectivity index (χ3n) is 3.73. The summed E-state index contributed by atoms with van der Waals surface area (Å²) in [4.78, 5) is 23.0. The molecular formula is C18H26N2O3. The first-order valence-electron chi connectivity index (χ1n) is 7.89. The number of primary amides is 1. The van der Waals surface area contributed by atoms with Crippen LogP contribution >= 0.6 is 0 Å². The van der Waals surface area contributed by atoms with Gasteiger partial charge in [-0.3, -0.25) is 4.79 Å². The van der Waals surface area contributed by atoms with E-state index in [9.17, 15) is 9.59 Å². The first kappa shape index (κ1) is 18.7. The number of aryl methyl sites for hydroxylation is 2. The molecule has 1 aliphatic rings. The second kappa shape index (κ2) is 8.98. The van der Waals surface area contributed by atoms with Crippen LogP contribution in [0.1, 0.15) is 47.7 Å². The highest BCUT2D eigenvalue weighted by Gasteiger charge is 2.11. The average Bonchev–Trinajstić information content (AvgIpc) is 2.52. The quantitative estimate of drug-likeness (QED) is 0.836.